The van der Waals surface area contributed by atoms with Crippen LogP contribution in [0.25, 0.3) is 10.9 Å². The molecule has 0 bridgehead atoms. The second-order valence-corrected chi connectivity index (χ2v) is 7.81. The number of nitrogens with one attached hydrogen (secondary N) is 2. The molecular formula is C26H22N4O4. The molecule has 1 aromatic heterocycles. The third-order valence-corrected chi connectivity index (χ3v) is 5.53. The number of nitrogens with zero attached hydrogens (tertiary/aromatic N) is 2. The zero-order valence-corrected chi connectivity index (χ0v) is 18.4. The number of hydrazone groups is 1. The summed E-state index contributed by atoms with van der Waals surface area (Å²) < 4.78 is 12.3. The smallest absolute Gasteiger partial charge is 0.271 e. The van der Waals surface area contributed by atoms with Gasteiger partial charge in [-0.15, -0.1) is 0 Å². The monoisotopic (exact) mass is 454 g/mol. The Hall–Kier alpha value is -4.59. The highest BCUT2D eigenvalue weighted by Gasteiger charge is 2.13. The van der Waals surface area contributed by atoms with Crippen molar-refractivity contribution in [2.45, 2.75) is 13.5 Å². The molecule has 170 valence electrons. The summed E-state index contributed by atoms with van der Waals surface area (Å²) in [5.41, 5.74) is 6.51. The van der Waals surface area contributed by atoms with Crippen molar-refractivity contribution in [3.8, 4) is 11.5 Å². The summed E-state index contributed by atoms with van der Waals surface area (Å²) in [6, 6.07) is 20.5. The second-order valence-electron chi connectivity index (χ2n) is 7.81. The maximum absolute atomic E-state index is 12.5. The van der Waals surface area contributed by atoms with Crippen LogP contribution in [0.5, 0.6) is 11.5 Å². The lowest BCUT2D eigenvalue weighted by Crippen LogP contribution is -2.17. The highest BCUT2D eigenvalue weighted by atomic mass is 16.7. The van der Waals surface area contributed by atoms with Gasteiger partial charge in [-0.05, 0) is 48.0 Å². The summed E-state index contributed by atoms with van der Waals surface area (Å²) >= 11 is 0. The molecule has 2 N–H and O–H groups in total. The summed E-state index contributed by atoms with van der Waals surface area (Å²) in [6.07, 6.45) is 3.25. The first-order valence-corrected chi connectivity index (χ1v) is 10.8. The van der Waals surface area contributed by atoms with Gasteiger partial charge in [0.2, 0.25) is 12.7 Å². The number of benzene rings is 3. The second kappa shape index (κ2) is 9.11. The van der Waals surface area contributed by atoms with Gasteiger partial charge in [0.25, 0.3) is 5.91 Å². The number of para-hydroxylation sites is 1. The van der Waals surface area contributed by atoms with Crippen molar-refractivity contribution in [3.63, 3.8) is 0 Å². The number of carbonyl (C=O) groups is 2. The van der Waals surface area contributed by atoms with E-state index in [0.29, 0.717) is 12.1 Å². The molecule has 1 aliphatic heterocycles. The Labute approximate surface area is 195 Å². The van der Waals surface area contributed by atoms with Crippen molar-refractivity contribution in [3.05, 3.63) is 89.6 Å². The highest BCUT2D eigenvalue weighted by molar-refractivity contribution is 6.03. The Morgan fingerprint density at radius 2 is 1.82 bits per heavy atom. The number of hydrogen-bond donors (Lipinski definition) is 2. The molecule has 0 atom stereocenters. The lowest BCUT2D eigenvalue weighted by molar-refractivity contribution is 0.0937. The van der Waals surface area contributed by atoms with Crippen LogP contribution in [0.15, 0.2) is 78.0 Å². The number of amides is 1. The van der Waals surface area contributed by atoms with Gasteiger partial charge in [0.1, 0.15) is 0 Å². The lowest BCUT2D eigenvalue weighted by atomic mass is 10.1. The van der Waals surface area contributed by atoms with E-state index in [1.54, 1.807) is 29.1 Å². The quantitative estimate of drug-likeness (QED) is 0.333. The van der Waals surface area contributed by atoms with Crippen LogP contribution in [0.2, 0.25) is 0 Å². The van der Waals surface area contributed by atoms with Gasteiger partial charge >= 0.3 is 0 Å². The number of carbonyl (C=O) groups excluding carboxylic acids is 2. The van der Waals surface area contributed by atoms with E-state index in [4.69, 9.17) is 9.47 Å². The van der Waals surface area contributed by atoms with Gasteiger partial charge in [0.15, 0.2) is 11.5 Å². The molecule has 3 aromatic carbocycles. The molecule has 8 nitrogen and oxygen atoms in total. The predicted octanol–water partition coefficient (Wildman–Crippen LogP) is 4.41. The highest BCUT2D eigenvalue weighted by Crippen LogP contribution is 2.32. The molecular weight excluding hydrogens is 432 g/mol. The average Bonchev–Trinajstić information content (AvgIpc) is 3.47. The molecule has 4 aromatic rings. The number of hydrogen-bond acceptors (Lipinski definition) is 6. The molecule has 0 radical (unpaired) electrons. The summed E-state index contributed by atoms with van der Waals surface area (Å²) in [5.74, 6) is 1.09. The summed E-state index contributed by atoms with van der Waals surface area (Å²) in [7, 11) is 0. The molecule has 1 amide bonds. The predicted molar refractivity (Wildman–Crippen MR) is 130 cm³/mol. The van der Waals surface area contributed by atoms with Gasteiger partial charge < -0.3 is 14.8 Å². The van der Waals surface area contributed by atoms with E-state index in [0.717, 1.165) is 39.2 Å². The van der Waals surface area contributed by atoms with Crippen LogP contribution in [0.3, 0.4) is 0 Å². The van der Waals surface area contributed by atoms with Crippen LogP contribution >= 0.6 is 0 Å². The van der Waals surface area contributed by atoms with Gasteiger partial charge in [0, 0.05) is 41.9 Å². The van der Waals surface area contributed by atoms with Crippen molar-refractivity contribution >= 4 is 34.6 Å². The Bertz CT molecular complexity index is 1410. The van der Waals surface area contributed by atoms with Crippen LogP contribution in [0.4, 0.5) is 5.69 Å². The molecule has 2 heterocycles. The zero-order valence-electron chi connectivity index (χ0n) is 18.4. The normalized spacial score (nSPS) is 12.3. The van der Waals surface area contributed by atoms with E-state index in [2.05, 4.69) is 15.8 Å². The van der Waals surface area contributed by atoms with Crippen molar-refractivity contribution in [1.29, 1.82) is 0 Å². The van der Waals surface area contributed by atoms with Crippen LogP contribution in [0, 0.1) is 0 Å². The van der Waals surface area contributed by atoms with Gasteiger partial charge in [-0.3, -0.25) is 14.2 Å². The summed E-state index contributed by atoms with van der Waals surface area (Å²) in [4.78, 5) is 24.4. The van der Waals surface area contributed by atoms with Gasteiger partial charge in [-0.25, -0.2) is 5.43 Å². The standard InChI is InChI=1S/C26H22N4O4/c1-17(31)30-15-20(22-4-2-3-5-23(22)30)14-28-29-26(32)19-7-9-21(10-8-19)27-13-18-6-11-24-25(12-18)34-16-33-24/h2-12,14-15,27H,13,16H2,1H3,(H,29,32). The minimum absolute atomic E-state index is 0.0906. The summed E-state index contributed by atoms with van der Waals surface area (Å²) in [6.45, 7) is 2.37. The first-order chi connectivity index (χ1) is 16.6. The maximum Gasteiger partial charge on any atom is 0.271 e. The molecule has 0 saturated carbocycles. The van der Waals surface area contributed by atoms with E-state index in [-0.39, 0.29) is 18.6 Å². The lowest BCUT2D eigenvalue weighted by Gasteiger charge is -2.08. The van der Waals surface area contributed by atoms with Crippen molar-refractivity contribution in [2.24, 2.45) is 5.10 Å². The molecule has 0 spiro atoms. The SMILES string of the molecule is CC(=O)n1cc(C=NNC(=O)c2ccc(NCc3ccc4c(c3)OCO4)cc2)c2ccccc21. The number of aromatic nitrogens is 1. The van der Waals surface area contributed by atoms with Gasteiger partial charge in [-0.2, -0.15) is 5.10 Å². The molecule has 0 aliphatic carbocycles. The fourth-order valence-electron chi connectivity index (χ4n) is 3.79. The molecule has 0 unspecified atom stereocenters. The molecule has 34 heavy (non-hydrogen) atoms. The van der Waals surface area contributed by atoms with Gasteiger partial charge in [0.05, 0.1) is 11.7 Å². The van der Waals surface area contributed by atoms with Crippen LogP contribution in [-0.4, -0.2) is 29.4 Å². The average molecular weight is 454 g/mol. The van der Waals surface area contributed by atoms with Crippen LogP contribution in [0.1, 0.15) is 33.2 Å². The van der Waals surface area contributed by atoms with Crippen molar-refractivity contribution < 1.29 is 19.1 Å². The minimum Gasteiger partial charge on any atom is -0.454 e. The first kappa shape index (κ1) is 21.3. The van der Waals surface area contributed by atoms with Crippen molar-refractivity contribution in [2.75, 3.05) is 12.1 Å². The molecule has 8 heteroatoms. The van der Waals surface area contributed by atoms with E-state index in [1.807, 2.05) is 54.6 Å². The van der Waals surface area contributed by atoms with Crippen molar-refractivity contribution in [1.82, 2.24) is 9.99 Å². The third kappa shape index (κ3) is 4.33. The van der Waals surface area contributed by atoms with E-state index in [1.165, 1.54) is 6.92 Å². The Morgan fingerprint density at radius 1 is 1.03 bits per heavy atom. The Kier molecular flexibility index (Phi) is 5.70. The largest absolute Gasteiger partial charge is 0.454 e. The fraction of sp³-hybridized carbons (Fsp3) is 0.115. The number of anilines is 1. The third-order valence-electron chi connectivity index (χ3n) is 5.53. The fourth-order valence-corrected chi connectivity index (χ4v) is 3.79. The molecule has 0 fully saturated rings. The number of ether oxygens (including phenoxy) is 2. The maximum atomic E-state index is 12.5. The van der Waals surface area contributed by atoms with E-state index < -0.39 is 0 Å². The first-order valence-electron chi connectivity index (χ1n) is 10.8. The number of fused-ring (bicyclic) bond motifs is 2. The van der Waals surface area contributed by atoms with E-state index >= 15 is 0 Å². The topological polar surface area (TPSA) is 94.0 Å². The molecule has 0 saturated heterocycles. The molecule has 1 aliphatic rings. The Morgan fingerprint density at radius 3 is 2.65 bits per heavy atom. The van der Waals surface area contributed by atoms with Crippen LogP contribution < -0.4 is 20.2 Å². The van der Waals surface area contributed by atoms with Gasteiger partial charge in [-0.1, -0.05) is 24.3 Å². The summed E-state index contributed by atoms with van der Waals surface area (Å²) in [5, 5.41) is 8.29. The number of rotatable bonds is 6. The Balaban J connectivity index is 1.20. The minimum atomic E-state index is -0.325. The van der Waals surface area contributed by atoms with E-state index in [9.17, 15) is 9.59 Å². The molecule has 5 rings (SSSR count). The zero-order chi connectivity index (χ0) is 23.5. The van der Waals surface area contributed by atoms with Crippen LogP contribution in [-0.2, 0) is 6.54 Å².